The molecule has 0 saturated heterocycles. The fourth-order valence-electron chi connectivity index (χ4n) is 1.57. The van der Waals surface area contributed by atoms with Gasteiger partial charge < -0.3 is 0 Å². The highest BCUT2D eigenvalue weighted by atomic mass is 14.2. The summed E-state index contributed by atoms with van der Waals surface area (Å²) in [5, 5.41) is 0. The summed E-state index contributed by atoms with van der Waals surface area (Å²) in [7, 11) is 0. The minimum Gasteiger partial charge on any atom is -0.0998 e. The van der Waals surface area contributed by atoms with Crippen LogP contribution in [0.2, 0.25) is 0 Å². The first-order valence-electron chi connectivity index (χ1n) is 4.08. The summed E-state index contributed by atoms with van der Waals surface area (Å²) in [4.78, 5) is 0. The number of rotatable bonds is 1. The zero-order valence-corrected chi connectivity index (χ0v) is 6.82. The quantitative estimate of drug-likeness (QED) is 0.485. The van der Waals surface area contributed by atoms with Crippen molar-refractivity contribution in [3.63, 3.8) is 0 Å². The molecule has 0 aliphatic heterocycles. The van der Waals surface area contributed by atoms with Gasteiger partial charge in [-0.1, -0.05) is 31.2 Å². The molecule has 0 aromatic carbocycles. The third-order valence-corrected chi connectivity index (χ3v) is 2.40. The van der Waals surface area contributed by atoms with Crippen molar-refractivity contribution < 1.29 is 0 Å². The zero-order chi connectivity index (χ0) is 7.56. The monoisotopic (exact) mass is 136 g/mol. The zero-order valence-electron chi connectivity index (χ0n) is 6.82. The van der Waals surface area contributed by atoms with Crippen LogP contribution in [0.15, 0.2) is 24.3 Å². The van der Waals surface area contributed by atoms with Gasteiger partial charge in [0.05, 0.1) is 0 Å². The van der Waals surface area contributed by atoms with Gasteiger partial charge >= 0.3 is 0 Å². The number of hydrogen-bond acceptors (Lipinski definition) is 0. The summed E-state index contributed by atoms with van der Waals surface area (Å²) in [6, 6.07) is 0. The first-order chi connectivity index (χ1) is 4.74. The summed E-state index contributed by atoms with van der Waals surface area (Å²) in [5.41, 5.74) is 2.86. The molecule has 0 bridgehead atoms. The molecule has 56 valence electrons. The van der Waals surface area contributed by atoms with Crippen LogP contribution in [0.4, 0.5) is 0 Å². The average molecular weight is 136 g/mol. The molecular weight excluding hydrogens is 120 g/mol. The van der Waals surface area contributed by atoms with Crippen LogP contribution in [-0.2, 0) is 0 Å². The third-order valence-electron chi connectivity index (χ3n) is 2.40. The first-order valence-corrected chi connectivity index (χ1v) is 4.08. The molecule has 0 nitrogen and oxygen atoms in total. The van der Waals surface area contributed by atoms with E-state index in [9.17, 15) is 0 Å². The lowest BCUT2D eigenvalue weighted by Gasteiger charge is -2.24. The molecular formula is C10H16. The molecule has 1 rings (SSSR count). The third kappa shape index (κ3) is 1.50. The molecule has 0 aromatic heterocycles. The molecule has 0 N–H and O–H groups in total. The van der Waals surface area contributed by atoms with Gasteiger partial charge in [0.25, 0.3) is 0 Å². The highest BCUT2D eigenvalue weighted by Gasteiger charge is 2.16. The standard InChI is InChI=1S/C10H16/c1-4-10-7-8(2)5-6-9(10)3/h10H,2-7H2,1H3. The van der Waals surface area contributed by atoms with Gasteiger partial charge in [-0.3, -0.25) is 0 Å². The lowest BCUT2D eigenvalue weighted by molar-refractivity contribution is 0.518. The van der Waals surface area contributed by atoms with Gasteiger partial charge in [-0.05, 0) is 31.6 Å². The fraction of sp³-hybridized carbons (Fsp3) is 0.600. The van der Waals surface area contributed by atoms with Crippen molar-refractivity contribution in [2.75, 3.05) is 0 Å². The molecule has 10 heavy (non-hydrogen) atoms. The van der Waals surface area contributed by atoms with E-state index in [-0.39, 0.29) is 0 Å². The lowest BCUT2D eigenvalue weighted by Crippen LogP contribution is -2.09. The molecule has 1 aliphatic carbocycles. The second-order valence-corrected chi connectivity index (χ2v) is 3.22. The van der Waals surface area contributed by atoms with E-state index in [0.29, 0.717) is 0 Å². The lowest BCUT2D eigenvalue weighted by atomic mass is 9.81. The number of allylic oxidation sites excluding steroid dienone is 2. The van der Waals surface area contributed by atoms with Crippen LogP contribution in [-0.4, -0.2) is 0 Å². The predicted octanol–water partition coefficient (Wildman–Crippen LogP) is 3.31. The Balaban J connectivity index is 2.53. The molecule has 0 aromatic rings. The largest absolute Gasteiger partial charge is 0.0998 e. The second kappa shape index (κ2) is 3.05. The Morgan fingerprint density at radius 1 is 1.40 bits per heavy atom. The first kappa shape index (κ1) is 7.59. The highest BCUT2D eigenvalue weighted by molar-refractivity contribution is 5.14. The SMILES string of the molecule is C=C1CCC(=C)C(CC)C1. The maximum absolute atomic E-state index is 4.06. The van der Waals surface area contributed by atoms with Crippen LogP contribution in [0.25, 0.3) is 0 Å². The van der Waals surface area contributed by atoms with Crippen molar-refractivity contribution in [3.05, 3.63) is 24.3 Å². The molecule has 0 heterocycles. The van der Waals surface area contributed by atoms with Gasteiger partial charge in [0.1, 0.15) is 0 Å². The van der Waals surface area contributed by atoms with E-state index < -0.39 is 0 Å². The normalized spacial score (nSPS) is 27.1. The van der Waals surface area contributed by atoms with Crippen LogP contribution in [0.5, 0.6) is 0 Å². The van der Waals surface area contributed by atoms with Crippen LogP contribution in [0.1, 0.15) is 32.6 Å². The van der Waals surface area contributed by atoms with E-state index in [1.165, 1.54) is 36.8 Å². The molecule has 1 saturated carbocycles. The summed E-state index contributed by atoms with van der Waals surface area (Å²) in [6.45, 7) is 10.3. The topological polar surface area (TPSA) is 0 Å². The molecule has 0 heteroatoms. The molecule has 0 spiro atoms. The van der Waals surface area contributed by atoms with E-state index >= 15 is 0 Å². The van der Waals surface area contributed by atoms with Crippen LogP contribution < -0.4 is 0 Å². The molecule has 1 atom stereocenters. The van der Waals surface area contributed by atoms with Crippen LogP contribution >= 0.6 is 0 Å². The Bertz CT molecular complexity index is 153. The second-order valence-electron chi connectivity index (χ2n) is 3.22. The minimum atomic E-state index is 0.737. The van der Waals surface area contributed by atoms with Crippen molar-refractivity contribution in [1.82, 2.24) is 0 Å². The van der Waals surface area contributed by atoms with Crippen molar-refractivity contribution in [2.24, 2.45) is 5.92 Å². The average Bonchev–Trinajstić information content (AvgIpc) is 1.94. The van der Waals surface area contributed by atoms with Crippen LogP contribution in [0, 0.1) is 5.92 Å². The van der Waals surface area contributed by atoms with E-state index in [4.69, 9.17) is 0 Å². The van der Waals surface area contributed by atoms with Gasteiger partial charge in [0, 0.05) is 0 Å². The fourth-order valence-corrected chi connectivity index (χ4v) is 1.57. The van der Waals surface area contributed by atoms with Gasteiger partial charge in [-0.2, -0.15) is 0 Å². The maximum Gasteiger partial charge on any atom is -0.0171 e. The Morgan fingerprint density at radius 2 is 2.10 bits per heavy atom. The highest BCUT2D eigenvalue weighted by Crippen LogP contribution is 2.32. The predicted molar refractivity (Wildman–Crippen MR) is 45.9 cm³/mol. The van der Waals surface area contributed by atoms with E-state index in [1.54, 1.807) is 0 Å². The number of hydrogen-bond donors (Lipinski definition) is 0. The molecule has 0 radical (unpaired) electrons. The minimum absolute atomic E-state index is 0.737. The Kier molecular flexibility index (Phi) is 2.31. The Hall–Kier alpha value is -0.520. The van der Waals surface area contributed by atoms with Gasteiger partial charge in [-0.15, -0.1) is 0 Å². The molecule has 0 amide bonds. The summed E-state index contributed by atoms with van der Waals surface area (Å²) in [6.07, 6.45) is 4.78. The van der Waals surface area contributed by atoms with Crippen molar-refractivity contribution in [3.8, 4) is 0 Å². The van der Waals surface area contributed by atoms with Crippen molar-refractivity contribution >= 4 is 0 Å². The van der Waals surface area contributed by atoms with E-state index in [2.05, 4.69) is 20.1 Å². The van der Waals surface area contributed by atoms with Gasteiger partial charge in [0.2, 0.25) is 0 Å². The summed E-state index contributed by atoms with van der Waals surface area (Å²) < 4.78 is 0. The summed E-state index contributed by atoms with van der Waals surface area (Å²) in [5.74, 6) is 0.737. The van der Waals surface area contributed by atoms with Crippen LogP contribution in [0.3, 0.4) is 0 Å². The van der Waals surface area contributed by atoms with Gasteiger partial charge in [0.15, 0.2) is 0 Å². The van der Waals surface area contributed by atoms with Crippen molar-refractivity contribution in [1.29, 1.82) is 0 Å². The molecule has 1 unspecified atom stereocenters. The Labute approximate surface area is 63.6 Å². The van der Waals surface area contributed by atoms with E-state index in [0.717, 1.165) is 5.92 Å². The summed E-state index contributed by atoms with van der Waals surface area (Å²) >= 11 is 0. The molecule has 1 fully saturated rings. The van der Waals surface area contributed by atoms with Gasteiger partial charge in [-0.25, -0.2) is 0 Å². The van der Waals surface area contributed by atoms with Crippen molar-refractivity contribution in [2.45, 2.75) is 32.6 Å². The smallest absolute Gasteiger partial charge is 0.0171 e. The maximum atomic E-state index is 4.06. The Morgan fingerprint density at radius 3 is 2.60 bits per heavy atom. The molecule has 1 aliphatic rings. The van der Waals surface area contributed by atoms with E-state index in [1.807, 2.05) is 0 Å².